The fourth-order valence-corrected chi connectivity index (χ4v) is 3.72. The van der Waals surface area contributed by atoms with E-state index in [1.54, 1.807) is 11.1 Å². The predicted molar refractivity (Wildman–Crippen MR) is 82.3 cm³/mol. The summed E-state index contributed by atoms with van der Waals surface area (Å²) in [6.45, 7) is 1.01. The third-order valence-electron chi connectivity index (χ3n) is 4.35. The second-order valence-electron chi connectivity index (χ2n) is 5.99. The molecule has 1 saturated carbocycles. The van der Waals surface area contributed by atoms with E-state index in [0.717, 1.165) is 23.4 Å². The number of fused-ring (bicyclic) bond motifs is 1. The van der Waals surface area contributed by atoms with Crippen molar-refractivity contribution in [2.24, 2.45) is 5.92 Å². The second-order valence-corrected chi connectivity index (χ2v) is 6.74. The fourth-order valence-electron chi connectivity index (χ4n) is 3.05. The van der Waals surface area contributed by atoms with Crippen molar-refractivity contribution in [3.05, 3.63) is 41.2 Å². The quantitative estimate of drug-likeness (QED) is 0.911. The van der Waals surface area contributed by atoms with Gasteiger partial charge in [0, 0.05) is 24.0 Å². The standard InChI is InChI=1S/C16H19N3S/c1-2-4-14-10-11(9-13(14)3-1)7-8-17-16-18-15(19-20-16)12-5-6-12/h1-4,11-12H,5-10H2,(H,17,18,19). The van der Waals surface area contributed by atoms with Crippen molar-refractivity contribution in [1.29, 1.82) is 0 Å². The molecule has 0 amide bonds. The number of aromatic nitrogens is 2. The van der Waals surface area contributed by atoms with Gasteiger partial charge in [0.15, 0.2) is 0 Å². The fraction of sp³-hybridized carbons (Fsp3) is 0.500. The number of anilines is 1. The zero-order valence-corrected chi connectivity index (χ0v) is 12.3. The molecular weight excluding hydrogens is 266 g/mol. The first-order valence-corrected chi connectivity index (χ1v) is 8.30. The zero-order valence-electron chi connectivity index (χ0n) is 11.5. The second kappa shape index (κ2) is 5.17. The Kier molecular flexibility index (Phi) is 3.19. The van der Waals surface area contributed by atoms with Crippen LogP contribution in [0, 0.1) is 5.92 Å². The number of nitrogens with zero attached hydrogens (tertiary/aromatic N) is 2. The Morgan fingerprint density at radius 2 is 1.90 bits per heavy atom. The number of hydrogen-bond acceptors (Lipinski definition) is 4. The smallest absolute Gasteiger partial charge is 0.202 e. The van der Waals surface area contributed by atoms with Gasteiger partial charge in [-0.2, -0.15) is 4.37 Å². The molecule has 2 aliphatic rings. The van der Waals surface area contributed by atoms with Gasteiger partial charge in [0.05, 0.1) is 0 Å². The van der Waals surface area contributed by atoms with Gasteiger partial charge < -0.3 is 5.32 Å². The minimum absolute atomic E-state index is 0.658. The summed E-state index contributed by atoms with van der Waals surface area (Å²) in [5.41, 5.74) is 3.09. The van der Waals surface area contributed by atoms with Crippen molar-refractivity contribution < 1.29 is 0 Å². The molecule has 3 nitrogen and oxygen atoms in total. The molecule has 0 aliphatic heterocycles. The average molecular weight is 285 g/mol. The van der Waals surface area contributed by atoms with E-state index in [0.29, 0.717) is 5.92 Å². The lowest BCUT2D eigenvalue weighted by atomic mass is 10.0. The average Bonchev–Trinajstić information content (AvgIpc) is 3.06. The maximum atomic E-state index is 4.57. The van der Waals surface area contributed by atoms with E-state index in [2.05, 4.69) is 38.9 Å². The Balaban J connectivity index is 1.27. The van der Waals surface area contributed by atoms with Crippen LogP contribution in [0.25, 0.3) is 0 Å². The molecule has 1 aromatic carbocycles. The highest BCUT2D eigenvalue weighted by Gasteiger charge is 2.27. The third kappa shape index (κ3) is 2.57. The summed E-state index contributed by atoms with van der Waals surface area (Å²) in [6, 6.07) is 8.85. The van der Waals surface area contributed by atoms with Crippen LogP contribution >= 0.6 is 11.5 Å². The van der Waals surface area contributed by atoms with Gasteiger partial charge >= 0.3 is 0 Å². The maximum Gasteiger partial charge on any atom is 0.202 e. The van der Waals surface area contributed by atoms with Crippen LogP contribution in [-0.2, 0) is 12.8 Å². The Bertz CT molecular complexity index is 578. The Labute approximate surface area is 123 Å². The Hall–Kier alpha value is -1.42. The van der Waals surface area contributed by atoms with E-state index in [9.17, 15) is 0 Å². The lowest BCUT2D eigenvalue weighted by molar-refractivity contribution is 0.530. The number of rotatable bonds is 5. The molecule has 1 aromatic heterocycles. The molecule has 0 atom stereocenters. The molecule has 1 N–H and O–H groups in total. The van der Waals surface area contributed by atoms with E-state index in [1.165, 1.54) is 43.6 Å². The van der Waals surface area contributed by atoms with Crippen LogP contribution in [0.2, 0.25) is 0 Å². The van der Waals surface area contributed by atoms with Gasteiger partial charge in [-0.3, -0.25) is 0 Å². The van der Waals surface area contributed by atoms with Crippen molar-refractivity contribution in [1.82, 2.24) is 9.36 Å². The zero-order chi connectivity index (χ0) is 13.4. The van der Waals surface area contributed by atoms with Crippen LogP contribution < -0.4 is 5.32 Å². The summed E-state index contributed by atoms with van der Waals surface area (Å²) in [5.74, 6) is 2.51. The van der Waals surface area contributed by atoms with Crippen LogP contribution in [0.15, 0.2) is 24.3 Å². The van der Waals surface area contributed by atoms with Crippen LogP contribution in [-0.4, -0.2) is 15.9 Å². The minimum Gasteiger partial charge on any atom is -0.360 e. The van der Waals surface area contributed by atoms with Gasteiger partial charge in [-0.05, 0) is 49.1 Å². The van der Waals surface area contributed by atoms with Gasteiger partial charge in [-0.15, -0.1) is 0 Å². The van der Waals surface area contributed by atoms with E-state index in [-0.39, 0.29) is 0 Å². The van der Waals surface area contributed by atoms with Crippen molar-refractivity contribution in [2.45, 2.75) is 38.0 Å². The molecule has 1 fully saturated rings. The Morgan fingerprint density at radius 1 is 1.15 bits per heavy atom. The van der Waals surface area contributed by atoms with E-state index < -0.39 is 0 Å². The molecular formula is C16H19N3S. The normalized spacial score (nSPS) is 18.2. The summed E-state index contributed by atoms with van der Waals surface area (Å²) in [4.78, 5) is 4.57. The van der Waals surface area contributed by atoms with Gasteiger partial charge in [0.2, 0.25) is 5.13 Å². The molecule has 1 heterocycles. The topological polar surface area (TPSA) is 37.8 Å². The Morgan fingerprint density at radius 3 is 2.60 bits per heavy atom. The van der Waals surface area contributed by atoms with Crippen LogP contribution in [0.5, 0.6) is 0 Å². The van der Waals surface area contributed by atoms with Gasteiger partial charge in [0.25, 0.3) is 0 Å². The van der Waals surface area contributed by atoms with E-state index in [1.807, 2.05) is 0 Å². The summed E-state index contributed by atoms with van der Waals surface area (Å²) in [5, 5.41) is 4.45. The third-order valence-corrected chi connectivity index (χ3v) is 5.04. The highest BCUT2D eigenvalue weighted by molar-refractivity contribution is 7.09. The first-order chi connectivity index (χ1) is 9.88. The monoisotopic (exact) mass is 285 g/mol. The van der Waals surface area contributed by atoms with Gasteiger partial charge in [0.1, 0.15) is 5.82 Å². The molecule has 0 radical (unpaired) electrons. The number of nitrogens with one attached hydrogen (secondary N) is 1. The minimum atomic E-state index is 0.658. The summed E-state index contributed by atoms with van der Waals surface area (Å²) in [7, 11) is 0. The highest BCUT2D eigenvalue weighted by atomic mass is 32.1. The first-order valence-electron chi connectivity index (χ1n) is 7.53. The largest absolute Gasteiger partial charge is 0.360 e. The predicted octanol–water partition coefficient (Wildman–Crippen LogP) is 3.63. The van der Waals surface area contributed by atoms with Crippen molar-refractivity contribution >= 4 is 16.7 Å². The summed E-state index contributed by atoms with van der Waals surface area (Å²) >= 11 is 1.52. The highest BCUT2D eigenvalue weighted by Crippen LogP contribution is 2.39. The van der Waals surface area contributed by atoms with Crippen LogP contribution in [0.4, 0.5) is 5.13 Å². The molecule has 2 aromatic rings. The van der Waals surface area contributed by atoms with E-state index >= 15 is 0 Å². The molecule has 4 heteroatoms. The first kappa shape index (κ1) is 12.3. The van der Waals surface area contributed by atoms with Crippen molar-refractivity contribution in [3.63, 3.8) is 0 Å². The summed E-state index contributed by atoms with van der Waals surface area (Å²) < 4.78 is 4.43. The molecule has 104 valence electrons. The molecule has 20 heavy (non-hydrogen) atoms. The van der Waals surface area contributed by atoms with E-state index in [4.69, 9.17) is 0 Å². The number of hydrogen-bond donors (Lipinski definition) is 1. The summed E-state index contributed by atoms with van der Waals surface area (Å²) in [6.07, 6.45) is 6.24. The molecule has 0 unspecified atom stereocenters. The number of benzene rings is 1. The maximum absolute atomic E-state index is 4.57. The van der Waals surface area contributed by atoms with Gasteiger partial charge in [-0.25, -0.2) is 4.98 Å². The molecule has 0 spiro atoms. The lowest BCUT2D eigenvalue weighted by Crippen LogP contribution is -2.09. The van der Waals surface area contributed by atoms with Gasteiger partial charge in [-0.1, -0.05) is 24.3 Å². The SMILES string of the molecule is c1ccc2c(c1)CC(CCNc1nc(C3CC3)ns1)C2. The van der Waals surface area contributed by atoms with Crippen molar-refractivity contribution in [3.8, 4) is 0 Å². The molecule has 0 bridgehead atoms. The molecule has 2 aliphatic carbocycles. The van der Waals surface area contributed by atoms with Crippen LogP contribution in [0.3, 0.4) is 0 Å². The lowest BCUT2D eigenvalue weighted by Gasteiger charge is -2.08. The van der Waals surface area contributed by atoms with Crippen LogP contribution in [0.1, 0.15) is 42.1 Å². The molecule has 0 saturated heterocycles. The molecule has 4 rings (SSSR count). The van der Waals surface area contributed by atoms with Crippen molar-refractivity contribution in [2.75, 3.05) is 11.9 Å².